The Balaban J connectivity index is 1.91. The first-order valence-corrected chi connectivity index (χ1v) is 6.89. The minimum Gasteiger partial charge on any atom is -0.494 e. The van der Waals surface area contributed by atoms with Crippen LogP contribution in [0.25, 0.3) is 0 Å². The van der Waals surface area contributed by atoms with E-state index in [-0.39, 0.29) is 11.6 Å². The molecular formula is C16H21FN2O2. The minimum atomic E-state index is -0.330. The van der Waals surface area contributed by atoms with E-state index < -0.39 is 0 Å². The van der Waals surface area contributed by atoms with E-state index in [1.165, 1.54) is 18.7 Å². The lowest BCUT2D eigenvalue weighted by Crippen LogP contribution is -2.18. The number of ether oxygens (including phenoxy) is 2. The van der Waals surface area contributed by atoms with Crippen molar-refractivity contribution in [3.05, 3.63) is 53.6 Å². The number of aromatic nitrogens is 1. The monoisotopic (exact) mass is 292 g/mol. The van der Waals surface area contributed by atoms with Gasteiger partial charge in [0.1, 0.15) is 0 Å². The van der Waals surface area contributed by atoms with Gasteiger partial charge < -0.3 is 19.4 Å². The van der Waals surface area contributed by atoms with Crippen molar-refractivity contribution >= 4 is 0 Å². The first-order valence-electron chi connectivity index (χ1n) is 6.89. The molecule has 0 radical (unpaired) electrons. The standard InChI is InChI=1S/C16H21FN2O2/c1-20-8-6-18-10-14-5-7-19(12-14)11-13-3-4-16(21-2)15(17)9-13/h3-5,7,9,12,18H,6,8,10-11H2,1-2H3. The predicted octanol–water partition coefficient (Wildman–Crippen LogP) is 2.42. The van der Waals surface area contributed by atoms with Crippen LogP contribution in [0.3, 0.4) is 0 Å². The third-order valence-corrected chi connectivity index (χ3v) is 3.21. The molecule has 2 aromatic rings. The van der Waals surface area contributed by atoms with Gasteiger partial charge in [-0.05, 0) is 29.3 Å². The van der Waals surface area contributed by atoms with Crippen LogP contribution < -0.4 is 10.1 Å². The molecule has 114 valence electrons. The van der Waals surface area contributed by atoms with Gasteiger partial charge in [0.15, 0.2) is 11.6 Å². The topological polar surface area (TPSA) is 35.4 Å². The van der Waals surface area contributed by atoms with E-state index in [1.807, 2.05) is 16.8 Å². The van der Waals surface area contributed by atoms with E-state index in [4.69, 9.17) is 9.47 Å². The smallest absolute Gasteiger partial charge is 0.165 e. The van der Waals surface area contributed by atoms with E-state index in [0.29, 0.717) is 13.2 Å². The molecule has 0 spiro atoms. The van der Waals surface area contributed by atoms with Crippen molar-refractivity contribution in [3.8, 4) is 5.75 Å². The van der Waals surface area contributed by atoms with E-state index >= 15 is 0 Å². The minimum absolute atomic E-state index is 0.272. The number of hydrogen-bond donors (Lipinski definition) is 1. The number of benzene rings is 1. The molecular weight excluding hydrogens is 271 g/mol. The first-order chi connectivity index (χ1) is 10.2. The highest BCUT2D eigenvalue weighted by Gasteiger charge is 2.04. The second-order valence-electron chi connectivity index (χ2n) is 4.83. The largest absolute Gasteiger partial charge is 0.494 e. The third-order valence-electron chi connectivity index (χ3n) is 3.21. The van der Waals surface area contributed by atoms with Crippen LogP contribution in [0.15, 0.2) is 36.7 Å². The summed E-state index contributed by atoms with van der Waals surface area (Å²) in [7, 11) is 3.15. The van der Waals surface area contributed by atoms with Crippen molar-refractivity contribution in [2.45, 2.75) is 13.1 Å². The fraction of sp³-hybridized carbons (Fsp3) is 0.375. The molecule has 1 aromatic heterocycles. The second kappa shape index (κ2) is 7.81. The molecule has 0 aliphatic rings. The van der Waals surface area contributed by atoms with Crippen LogP contribution in [0.5, 0.6) is 5.75 Å². The molecule has 1 N–H and O–H groups in total. The summed E-state index contributed by atoms with van der Waals surface area (Å²) in [5.41, 5.74) is 2.10. The van der Waals surface area contributed by atoms with E-state index in [0.717, 1.165) is 18.7 Å². The van der Waals surface area contributed by atoms with Gasteiger partial charge in [-0.25, -0.2) is 4.39 Å². The molecule has 0 amide bonds. The van der Waals surface area contributed by atoms with Gasteiger partial charge in [0.2, 0.25) is 0 Å². The van der Waals surface area contributed by atoms with Crippen LogP contribution in [-0.4, -0.2) is 31.9 Å². The van der Waals surface area contributed by atoms with Crippen LogP contribution in [0.1, 0.15) is 11.1 Å². The van der Waals surface area contributed by atoms with Crippen molar-refractivity contribution in [1.82, 2.24) is 9.88 Å². The van der Waals surface area contributed by atoms with Gasteiger partial charge in [0.05, 0.1) is 13.7 Å². The van der Waals surface area contributed by atoms with Gasteiger partial charge in [0, 0.05) is 39.1 Å². The summed E-state index contributed by atoms with van der Waals surface area (Å²) in [6.45, 7) is 2.96. The Hall–Kier alpha value is -1.85. The number of methoxy groups -OCH3 is 2. The third kappa shape index (κ3) is 4.58. The molecule has 0 fully saturated rings. The van der Waals surface area contributed by atoms with Crippen LogP contribution in [0, 0.1) is 5.82 Å². The molecule has 21 heavy (non-hydrogen) atoms. The van der Waals surface area contributed by atoms with Gasteiger partial charge in [-0.15, -0.1) is 0 Å². The Labute approximate surface area is 124 Å². The van der Waals surface area contributed by atoms with Crippen molar-refractivity contribution in [3.63, 3.8) is 0 Å². The first kappa shape index (κ1) is 15.5. The molecule has 2 rings (SSSR count). The Kier molecular flexibility index (Phi) is 5.78. The molecule has 4 nitrogen and oxygen atoms in total. The van der Waals surface area contributed by atoms with Gasteiger partial charge in [0.25, 0.3) is 0 Å². The molecule has 0 saturated heterocycles. The fourth-order valence-electron chi connectivity index (χ4n) is 2.12. The van der Waals surface area contributed by atoms with Crippen LogP contribution >= 0.6 is 0 Å². The molecule has 0 unspecified atom stereocenters. The quantitative estimate of drug-likeness (QED) is 0.759. The molecule has 0 saturated carbocycles. The van der Waals surface area contributed by atoms with Crippen molar-refractivity contribution in [1.29, 1.82) is 0 Å². The summed E-state index contributed by atoms with van der Waals surface area (Å²) in [6, 6.07) is 7.09. The van der Waals surface area contributed by atoms with Crippen molar-refractivity contribution in [2.24, 2.45) is 0 Å². The Morgan fingerprint density at radius 1 is 1.19 bits per heavy atom. The maximum Gasteiger partial charge on any atom is 0.165 e. The number of nitrogens with one attached hydrogen (secondary N) is 1. The zero-order valence-electron chi connectivity index (χ0n) is 12.4. The van der Waals surface area contributed by atoms with Gasteiger partial charge in [-0.2, -0.15) is 0 Å². The Bertz CT molecular complexity index is 569. The lowest BCUT2D eigenvalue weighted by molar-refractivity contribution is 0.199. The van der Waals surface area contributed by atoms with Gasteiger partial charge in [-0.1, -0.05) is 6.07 Å². The second-order valence-corrected chi connectivity index (χ2v) is 4.83. The van der Waals surface area contributed by atoms with Crippen LogP contribution in [-0.2, 0) is 17.8 Å². The van der Waals surface area contributed by atoms with E-state index in [9.17, 15) is 4.39 Å². The normalized spacial score (nSPS) is 10.8. The maximum absolute atomic E-state index is 13.6. The van der Waals surface area contributed by atoms with Gasteiger partial charge in [-0.3, -0.25) is 0 Å². The van der Waals surface area contributed by atoms with Crippen molar-refractivity contribution < 1.29 is 13.9 Å². The maximum atomic E-state index is 13.6. The average Bonchev–Trinajstić information content (AvgIpc) is 2.91. The highest BCUT2D eigenvalue weighted by Crippen LogP contribution is 2.18. The molecule has 1 aromatic carbocycles. The highest BCUT2D eigenvalue weighted by atomic mass is 19.1. The SMILES string of the molecule is COCCNCc1ccn(Cc2ccc(OC)c(F)c2)c1. The van der Waals surface area contributed by atoms with Crippen LogP contribution in [0.4, 0.5) is 4.39 Å². The molecule has 0 aliphatic carbocycles. The number of nitrogens with zero attached hydrogens (tertiary/aromatic N) is 1. The summed E-state index contributed by atoms with van der Waals surface area (Å²) in [5.74, 6) is -0.0575. The van der Waals surface area contributed by atoms with Crippen molar-refractivity contribution in [2.75, 3.05) is 27.4 Å². The number of rotatable bonds is 8. The summed E-state index contributed by atoms with van der Waals surface area (Å²) in [4.78, 5) is 0. The average molecular weight is 292 g/mol. The Morgan fingerprint density at radius 3 is 2.76 bits per heavy atom. The molecule has 0 bridgehead atoms. The summed E-state index contributed by atoms with van der Waals surface area (Å²) >= 11 is 0. The molecule has 0 atom stereocenters. The van der Waals surface area contributed by atoms with E-state index in [1.54, 1.807) is 13.2 Å². The fourth-order valence-corrected chi connectivity index (χ4v) is 2.12. The number of hydrogen-bond acceptors (Lipinski definition) is 3. The molecule has 5 heteroatoms. The predicted molar refractivity (Wildman–Crippen MR) is 80.1 cm³/mol. The Morgan fingerprint density at radius 2 is 2.05 bits per heavy atom. The summed E-state index contributed by atoms with van der Waals surface area (Å²) in [5, 5.41) is 3.29. The van der Waals surface area contributed by atoms with Crippen LogP contribution in [0.2, 0.25) is 0 Å². The lowest BCUT2D eigenvalue weighted by atomic mass is 10.2. The highest BCUT2D eigenvalue weighted by molar-refractivity contribution is 5.29. The summed E-state index contributed by atoms with van der Waals surface area (Å²) < 4.78 is 25.6. The zero-order valence-corrected chi connectivity index (χ0v) is 12.4. The lowest BCUT2D eigenvalue weighted by Gasteiger charge is -2.06. The zero-order chi connectivity index (χ0) is 15.1. The number of halogens is 1. The molecule has 1 heterocycles. The summed E-state index contributed by atoms with van der Waals surface area (Å²) in [6.07, 6.45) is 4.05. The van der Waals surface area contributed by atoms with E-state index in [2.05, 4.69) is 17.6 Å². The molecule has 0 aliphatic heterocycles. The van der Waals surface area contributed by atoms with Gasteiger partial charge >= 0.3 is 0 Å².